The van der Waals surface area contributed by atoms with E-state index in [0.29, 0.717) is 0 Å². The Morgan fingerprint density at radius 3 is 2.95 bits per heavy atom. The Hall–Kier alpha value is -1.59. The van der Waals surface area contributed by atoms with E-state index in [-0.39, 0.29) is 6.61 Å². The maximum absolute atomic E-state index is 8.72. The van der Waals surface area contributed by atoms with Crippen molar-refractivity contribution in [2.45, 2.75) is 13.3 Å². The molecule has 0 spiro atoms. The van der Waals surface area contributed by atoms with Gasteiger partial charge in [0.1, 0.15) is 0 Å². The van der Waals surface area contributed by atoms with Gasteiger partial charge >= 0.3 is 0 Å². The molecule has 19 heavy (non-hydrogen) atoms. The lowest BCUT2D eigenvalue weighted by molar-refractivity contribution is 0.296. The largest absolute Gasteiger partial charge is 0.396 e. The van der Waals surface area contributed by atoms with Gasteiger partial charge in [-0.3, -0.25) is 9.97 Å². The van der Waals surface area contributed by atoms with Gasteiger partial charge in [0, 0.05) is 36.0 Å². The third-order valence-electron chi connectivity index (χ3n) is 2.56. The van der Waals surface area contributed by atoms with Crippen LogP contribution < -0.4 is 4.72 Å². The highest BCUT2D eigenvalue weighted by Gasteiger charge is 2.01. The Kier molecular flexibility index (Phi) is 5.18. The summed E-state index contributed by atoms with van der Waals surface area (Å²) in [6, 6.07) is 6.08. The van der Waals surface area contributed by atoms with Crippen LogP contribution in [0.3, 0.4) is 0 Å². The smallest absolute Gasteiger partial charge is 0.0632 e. The van der Waals surface area contributed by atoms with Crippen LogP contribution in [0.4, 0.5) is 5.69 Å². The molecule has 0 aliphatic rings. The molecular weight excluding hydrogens is 258 g/mol. The number of pyridine rings is 2. The van der Waals surface area contributed by atoms with Crippen LogP contribution in [0.15, 0.2) is 36.8 Å². The molecule has 0 unspecified atom stereocenters. The van der Waals surface area contributed by atoms with E-state index in [4.69, 9.17) is 5.11 Å². The monoisotopic (exact) mass is 275 g/mol. The average Bonchev–Trinajstić information content (AvgIpc) is 2.44. The van der Waals surface area contributed by atoms with Gasteiger partial charge in [-0.15, -0.1) is 0 Å². The molecule has 0 atom stereocenters. The van der Waals surface area contributed by atoms with Gasteiger partial charge < -0.3 is 9.83 Å². The first-order valence-corrected chi connectivity index (χ1v) is 7.15. The molecule has 100 valence electrons. The first kappa shape index (κ1) is 13.8. The number of hydrogen-bond acceptors (Lipinski definition) is 5. The number of aryl methyl sites for hydroxylation is 1. The van der Waals surface area contributed by atoms with Crippen molar-refractivity contribution in [3.63, 3.8) is 0 Å². The standard InChI is InChI=1S/C14H17N3OS/c1-11-7-12(3-4-16-11)13-8-14(10-15-9-13)17-19-6-2-5-18/h3-4,7-10,17-18H,2,5-6H2,1H3. The first-order valence-electron chi connectivity index (χ1n) is 6.16. The van der Waals surface area contributed by atoms with Crippen molar-refractivity contribution in [1.82, 2.24) is 9.97 Å². The number of nitrogens with one attached hydrogen (secondary N) is 1. The van der Waals surface area contributed by atoms with Crippen LogP contribution in [-0.4, -0.2) is 27.4 Å². The lowest BCUT2D eigenvalue weighted by Gasteiger charge is -2.07. The van der Waals surface area contributed by atoms with Crippen LogP contribution in [0, 0.1) is 6.92 Å². The first-order chi connectivity index (χ1) is 9.29. The van der Waals surface area contributed by atoms with Crippen molar-refractivity contribution in [3.8, 4) is 11.1 Å². The zero-order chi connectivity index (χ0) is 13.5. The zero-order valence-corrected chi connectivity index (χ0v) is 11.7. The lowest BCUT2D eigenvalue weighted by atomic mass is 10.1. The van der Waals surface area contributed by atoms with Gasteiger partial charge in [-0.25, -0.2) is 0 Å². The van der Waals surface area contributed by atoms with E-state index in [1.165, 1.54) is 0 Å². The van der Waals surface area contributed by atoms with Crippen LogP contribution in [0.25, 0.3) is 11.1 Å². The molecule has 2 rings (SSSR count). The SMILES string of the molecule is Cc1cc(-c2cncc(NSCCCO)c2)ccn1. The highest BCUT2D eigenvalue weighted by Crippen LogP contribution is 2.22. The molecule has 0 saturated heterocycles. The second kappa shape index (κ2) is 7.11. The highest BCUT2D eigenvalue weighted by molar-refractivity contribution is 8.00. The molecule has 0 aliphatic heterocycles. The minimum absolute atomic E-state index is 0.225. The molecule has 0 radical (unpaired) electrons. The predicted octanol–water partition coefficient (Wildman–Crippen LogP) is 2.89. The highest BCUT2D eigenvalue weighted by atomic mass is 32.2. The lowest BCUT2D eigenvalue weighted by Crippen LogP contribution is -1.93. The van der Waals surface area contributed by atoms with Gasteiger partial charge in [0.15, 0.2) is 0 Å². The van der Waals surface area contributed by atoms with Crippen LogP contribution in [-0.2, 0) is 0 Å². The number of aliphatic hydroxyl groups excluding tert-OH is 1. The molecule has 0 bridgehead atoms. The Labute approximate surface area is 117 Å². The summed E-state index contributed by atoms with van der Waals surface area (Å²) in [5.41, 5.74) is 4.14. The van der Waals surface area contributed by atoms with E-state index < -0.39 is 0 Å². The number of aromatic nitrogens is 2. The van der Waals surface area contributed by atoms with Gasteiger partial charge in [-0.05, 0) is 37.1 Å². The third-order valence-corrected chi connectivity index (χ3v) is 3.44. The number of nitrogens with zero attached hydrogens (tertiary/aromatic N) is 2. The summed E-state index contributed by atoms with van der Waals surface area (Å²) in [6.07, 6.45) is 6.23. The van der Waals surface area contributed by atoms with Crippen molar-refractivity contribution in [1.29, 1.82) is 0 Å². The van der Waals surface area contributed by atoms with E-state index in [0.717, 1.165) is 34.7 Å². The van der Waals surface area contributed by atoms with Gasteiger partial charge in [-0.1, -0.05) is 11.9 Å². The van der Waals surface area contributed by atoms with Crippen molar-refractivity contribution in [2.75, 3.05) is 17.1 Å². The second-order valence-corrected chi connectivity index (χ2v) is 5.08. The molecule has 0 saturated carbocycles. The van der Waals surface area contributed by atoms with Gasteiger partial charge in [-0.2, -0.15) is 0 Å². The van der Waals surface area contributed by atoms with Crippen LogP contribution in [0.5, 0.6) is 0 Å². The number of hydrogen-bond donors (Lipinski definition) is 2. The van der Waals surface area contributed by atoms with Crippen LogP contribution >= 0.6 is 11.9 Å². The number of aliphatic hydroxyl groups is 1. The Morgan fingerprint density at radius 2 is 2.16 bits per heavy atom. The Balaban J connectivity index is 2.06. The van der Waals surface area contributed by atoms with Crippen molar-refractivity contribution in [2.24, 2.45) is 0 Å². The molecule has 2 aromatic rings. The van der Waals surface area contributed by atoms with E-state index in [9.17, 15) is 0 Å². The van der Waals surface area contributed by atoms with Crippen LogP contribution in [0.2, 0.25) is 0 Å². The number of anilines is 1. The van der Waals surface area contributed by atoms with E-state index in [1.807, 2.05) is 25.3 Å². The molecular formula is C14H17N3OS. The second-order valence-electron chi connectivity index (χ2n) is 4.18. The minimum Gasteiger partial charge on any atom is -0.396 e. The maximum Gasteiger partial charge on any atom is 0.0632 e. The topological polar surface area (TPSA) is 58.0 Å². The Bertz CT molecular complexity index is 534. The number of rotatable bonds is 6. The maximum atomic E-state index is 8.72. The summed E-state index contributed by atoms with van der Waals surface area (Å²) in [5.74, 6) is 0.870. The fourth-order valence-electron chi connectivity index (χ4n) is 1.65. The molecule has 2 heterocycles. The summed E-state index contributed by atoms with van der Waals surface area (Å²) in [7, 11) is 0. The molecule has 2 N–H and O–H groups in total. The minimum atomic E-state index is 0.225. The molecule has 0 amide bonds. The fourth-order valence-corrected chi connectivity index (χ4v) is 2.30. The normalized spacial score (nSPS) is 10.4. The predicted molar refractivity (Wildman–Crippen MR) is 80.0 cm³/mol. The van der Waals surface area contributed by atoms with Crippen molar-refractivity contribution < 1.29 is 5.11 Å². The third kappa shape index (κ3) is 4.22. The summed E-state index contributed by atoms with van der Waals surface area (Å²) < 4.78 is 3.23. The summed E-state index contributed by atoms with van der Waals surface area (Å²) >= 11 is 1.58. The van der Waals surface area contributed by atoms with E-state index >= 15 is 0 Å². The Morgan fingerprint density at radius 1 is 1.26 bits per heavy atom. The molecule has 5 heteroatoms. The van der Waals surface area contributed by atoms with E-state index in [2.05, 4.69) is 20.8 Å². The van der Waals surface area contributed by atoms with Crippen molar-refractivity contribution in [3.05, 3.63) is 42.5 Å². The molecule has 0 fully saturated rings. The summed E-state index contributed by atoms with van der Waals surface area (Å²) in [5, 5.41) is 8.72. The van der Waals surface area contributed by atoms with Crippen molar-refractivity contribution >= 4 is 17.6 Å². The molecule has 2 aromatic heterocycles. The quantitative estimate of drug-likeness (QED) is 0.627. The van der Waals surface area contributed by atoms with Crippen LogP contribution in [0.1, 0.15) is 12.1 Å². The molecule has 0 aliphatic carbocycles. The van der Waals surface area contributed by atoms with Gasteiger partial charge in [0.05, 0.1) is 11.9 Å². The molecule has 4 nitrogen and oxygen atoms in total. The van der Waals surface area contributed by atoms with E-state index in [1.54, 1.807) is 24.3 Å². The summed E-state index contributed by atoms with van der Waals surface area (Å²) in [4.78, 5) is 8.44. The fraction of sp³-hybridized carbons (Fsp3) is 0.286. The zero-order valence-electron chi connectivity index (χ0n) is 10.8. The summed E-state index contributed by atoms with van der Waals surface area (Å²) in [6.45, 7) is 2.20. The van der Waals surface area contributed by atoms with Gasteiger partial charge in [0.2, 0.25) is 0 Å². The average molecular weight is 275 g/mol. The van der Waals surface area contributed by atoms with Gasteiger partial charge in [0.25, 0.3) is 0 Å². The molecule has 0 aromatic carbocycles.